The number of nitrogens with zero attached hydrogens (tertiary/aromatic N) is 1. The van der Waals surface area contributed by atoms with Crippen molar-refractivity contribution in [1.82, 2.24) is 4.72 Å². The molecule has 1 aromatic rings. The average Bonchev–Trinajstić information content (AvgIpc) is 2.37. The molecule has 0 radical (unpaired) electrons. The zero-order valence-electron chi connectivity index (χ0n) is 10.9. The largest absolute Gasteiger partial charge is 0.370 e. The molecule has 0 aliphatic rings. The normalized spacial score (nSPS) is 11.3. The Labute approximate surface area is 120 Å². The lowest BCUT2D eigenvalue weighted by Gasteiger charge is -2.07. The van der Waals surface area contributed by atoms with Crippen molar-refractivity contribution < 1.29 is 22.5 Å². The van der Waals surface area contributed by atoms with E-state index in [9.17, 15) is 27.7 Å². The van der Waals surface area contributed by atoms with E-state index in [1.165, 1.54) is 0 Å². The Morgan fingerprint density at radius 1 is 1.38 bits per heavy atom. The Bertz CT molecular complexity index is 647. The summed E-state index contributed by atoms with van der Waals surface area (Å²) in [5.41, 5.74) is 3.83. The van der Waals surface area contributed by atoms with Crippen LogP contribution in [0, 0.1) is 15.9 Å². The molecule has 0 heterocycles. The van der Waals surface area contributed by atoms with Gasteiger partial charge in [0.2, 0.25) is 21.7 Å². The standard InChI is InChI=1S/C11H14FN3O5S/c12-8-4-3-5-9(11(8)15(17)18)21(19,20)14-7-2-1-6-10(13)16/h3-5,14H,1-2,6-7H2,(H2,13,16). The highest BCUT2D eigenvalue weighted by Crippen LogP contribution is 2.26. The molecular weight excluding hydrogens is 305 g/mol. The molecule has 1 rings (SSSR count). The second kappa shape index (κ2) is 7.09. The van der Waals surface area contributed by atoms with Gasteiger partial charge in [0.25, 0.3) is 0 Å². The van der Waals surface area contributed by atoms with E-state index < -0.39 is 37.3 Å². The zero-order chi connectivity index (χ0) is 16.0. The van der Waals surface area contributed by atoms with Crippen LogP contribution < -0.4 is 10.5 Å². The predicted molar refractivity (Wildman–Crippen MR) is 71.3 cm³/mol. The number of hydrogen-bond donors (Lipinski definition) is 2. The molecule has 8 nitrogen and oxygen atoms in total. The van der Waals surface area contributed by atoms with E-state index >= 15 is 0 Å². The number of halogens is 1. The maximum absolute atomic E-state index is 13.4. The lowest BCUT2D eigenvalue weighted by Crippen LogP contribution is -2.26. The molecule has 0 saturated carbocycles. The van der Waals surface area contributed by atoms with E-state index in [1.54, 1.807) is 0 Å². The minimum atomic E-state index is -4.21. The van der Waals surface area contributed by atoms with Crippen molar-refractivity contribution in [2.75, 3.05) is 6.54 Å². The quantitative estimate of drug-likeness (QED) is 0.413. The van der Waals surface area contributed by atoms with Crippen molar-refractivity contribution in [2.45, 2.75) is 24.2 Å². The first-order chi connectivity index (χ1) is 9.75. The minimum absolute atomic E-state index is 0.0384. The summed E-state index contributed by atoms with van der Waals surface area (Å²) in [7, 11) is -4.21. The Hall–Kier alpha value is -2.07. The Kier molecular flexibility index (Phi) is 5.73. The number of unbranched alkanes of at least 4 members (excludes halogenated alkanes) is 1. The number of amides is 1. The van der Waals surface area contributed by atoms with Crippen molar-refractivity contribution in [3.8, 4) is 0 Å². The fraction of sp³-hybridized carbons (Fsp3) is 0.364. The zero-order valence-corrected chi connectivity index (χ0v) is 11.7. The maximum atomic E-state index is 13.4. The maximum Gasteiger partial charge on any atom is 0.324 e. The number of sulfonamides is 1. The number of primary amides is 1. The van der Waals surface area contributed by atoms with Crippen LogP contribution >= 0.6 is 0 Å². The van der Waals surface area contributed by atoms with Crippen LogP contribution in [0.15, 0.2) is 23.1 Å². The summed E-state index contributed by atoms with van der Waals surface area (Å²) in [5.74, 6) is -1.73. The van der Waals surface area contributed by atoms with Crippen LogP contribution in [0.1, 0.15) is 19.3 Å². The van der Waals surface area contributed by atoms with Gasteiger partial charge in [0.05, 0.1) is 4.92 Å². The molecule has 0 atom stereocenters. The van der Waals surface area contributed by atoms with Crippen molar-refractivity contribution in [3.63, 3.8) is 0 Å². The number of nitrogens with one attached hydrogen (secondary N) is 1. The molecule has 0 unspecified atom stereocenters. The number of carbonyl (C=O) groups is 1. The van der Waals surface area contributed by atoms with Crippen LogP contribution in [0.2, 0.25) is 0 Å². The van der Waals surface area contributed by atoms with Gasteiger partial charge in [-0.3, -0.25) is 14.9 Å². The van der Waals surface area contributed by atoms with Gasteiger partial charge in [-0.05, 0) is 25.0 Å². The highest BCUT2D eigenvalue weighted by atomic mass is 32.2. The number of para-hydroxylation sites is 1. The molecule has 0 fully saturated rings. The van der Waals surface area contributed by atoms with Crippen LogP contribution in [0.4, 0.5) is 10.1 Å². The number of benzene rings is 1. The molecule has 0 spiro atoms. The summed E-state index contributed by atoms with van der Waals surface area (Å²) in [6.07, 6.45) is 0.816. The first-order valence-corrected chi connectivity index (χ1v) is 7.45. The third-order valence-electron chi connectivity index (χ3n) is 2.56. The van der Waals surface area contributed by atoms with Gasteiger partial charge in [0.15, 0.2) is 4.90 Å². The van der Waals surface area contributed by atoms with Gasteiger partial charge >= 0.3 is 5.69 Å². The van der Waals surface area contributed by atoms with Crippen LogP contribution in [-0.2, 0) is 14.8 Å². The third kappa shape index (κ3) is 4.76. The van der Waals surface area contributed by atoms with Gasteiger partial charge in [0, 0.05) is 13.0 Å². The highest BCUT2D eigenvalue weighted by molar-refractivity contribution is 7.89. The van der Waals surface area contributed by atoms with Crippen LogP contribution in [0.25, 0.3) is 0 Å². The molecule has 10 heteroatoms. The summed E-state index contributed by atoms with van der Waals surface area (Å²) in [5, 5.41) is 10.8. The number of rotatable bonds is 8. The summed E-state index contributed by atoms with van der Waals surface area (Å²) < 4.78 is 39.4. The average molecular weight is 319 g/mol. The molecule has 0 bridgehead atoms. The van der Waals surface area contributed by atoms with Crippen molar-refractivity contribution in [1.29, 1.82) is 0 Å². The van der Waals surface area contributed by atoms with E-state index in [2.05, 4.69) is 4.72 Å². The molecule has 116 valence electrons. The first-order valence-electron chi connectivity index (χ1n) is 5.96. The highest BCUT2D eigenvalue weighted by Gasteiger charge is 2.28. The summed E-state index contributed by atoms with van der Waals surface area (Å²) in [6.45, 7) is -0.0384. The van der Waals surface area contributed by atoms with Crippen LogP contribution in [0.3, 0.4) is 0 Å². The van der Waals surface area contributed by atoms with Gasteiger partial charge in [-0.15, -0.1) is 0 Å². The third-order valence-corrected chi connectivity index (χ3v) is 4.06. The second-order valence-electron chi connectivity index (χ2n) is 4.16. The van der Waals surface area contributed by atoms with E-state index in [0.29, 0.717) is 12.8 Å². The number of nitro benzene ring substituents is 1. The van der Waals surface area contributed by atoms with Crippen molar-refractivity contribution in [2.24, 2.45) is 5.73 Å². The van der Waals surface area contributed by atoms with Gasteiger partial charge in [0.1, 0.15) is 0 Å². The Morgan fingerprint density at radius 3 is 2.62 bits per heavy atom. The predicted octanol–water partition coefficient (Wildman–Crippen LogP) is 0.668. The van der Waals surface area contributed by atoms with Gasteiger partial charge in [-0.2, -0.15) is 4.39 Å². The molecule has 1 aromatic carbocycles. The van der Waals surface area contributed by atoms with Crippen LogP contribution in [-0.4, -0.2) is 25.8 Å². The van der Waals surface area contributed by atoms with Gasteiger partial charge in [-0.25, -0.2) is 13.1 Å². The Morgan fingerprint density at radius 2 is 2.05 bits per heavy atom. The topological polar surface area (TPSA) is 132 Å². The molecule has 0 aromatic heterocycles. The fourth-order valence-electron chi connectivity index (χ4n) is 1.60. The number of carbonyl (C=O) groups excluding carboxylic acids is 1. The van der Waals surface area contributed by atoms with Crippen molar-refractivity contribution >= 4 is 21.6 Å². The van der Waals surface area contributed by atoms with Gasteiger partial charge < -0.3 is 5.73 Å². The molecule has 0 aliphatic carbocycles. The number of nitro groups is 1. The molecule has 21 heavy (non-hydrogen) atoms. The van der Waals surface area contributed by atoms with E-state index in [0.717, 1.165) is 18.2 Å². The molecule has 0 saturated heterocycles. The lowest BCUT2D eigenvalue weighted by molar-refractivity contribution is -0.390. The van der Waals surface area contributed by atoms with E-state index in [-0.39, 0.29) is 13.0 Å². The summed E-state index contributed by atoms with van der Waals surface area (Å²) in [4.78, 5) is 19.4. The van der Waals surface area contributed by atoms with E-state index in [4.69, 9.17) is 5.73 Å². The SMILES string of the molecule is NC(=O)CCCCNS(=O)(=O)c1cccc(F)c1[N+](=O)[O-]. The smallest absolute Gasteiger partial charge is 0.324 e. The Balaban J connectivity index is 2.82. The monoisotopic (exact) mass is 319 g/mol. The molecule has 0 aliphatic heterocycles. The fourth-order valence-corrected chi connectivity index (χ4v) is 2.85. The number of nitrogens with two attached hydrogens (primary N) is 1. The van der Waals surface area contributed by atoms with Crippen molar-refractivity contribution in [3.05, 3.63) is 34.1 Å². The summed E-state index contributed by atoms with van der Waals surface area (Å²) in [6, 6.07) is 2.83. The molecule has 1 amide bonds. The minimum Gasteiger partial charge on any atom is -0.370 e. The van der Waals surface area contributed by atoms with E-state index in [1.807, 2.05) is 0 Å². The second-order valence-corrected chi connectivity index (χ2v) is 5.90. The van der Waals surface area contributed by atoms with Crippen LogP contribution in [0.5, 0.6) is 0 Å². The summed E-state index contributed by atoms with van der Waals surface area (Å²) >= 11 is 0. The first kappa shape index (κ1) is 17.0. The van der Waals surface area contributed by atoms with Gasteiger partial charge in [-0.1, -0.05) is 6.07 Å². The number of hydrogen-bond acceptors (Lipinski definition) is 5. The lowest BCUT2D eigenvalue weighted by atomic mass is 10.2. The molecular formula is C11H14FN3O5S. The molecule has 3 N–H and O–H groups in total.